The van der Waals surface area contributed by atoms with Gasteiger partial charge in [0.15, 0.2) is 17.3 Å². The Morgan fingerprint density at radius 2 is 1.87 bits per heavy atom. The van der Waals surface area contributed by atoms with Crippen LogP contribution >= 0.6 is 0 Å². The number of ether oxygens (including phenoxy) is 3. The number of nitrogens with zero attached hydrogens (tertiary/aromatic N) is 1. The van der Waals surface area contributed by atoms with Crippen molar-refractivity contribution in [3.05, 3.63) is 59.5 Å². The summed E-state index contributed by atoms with van der Waals surface area (Å²) in [7, 11) is 1.60. The number of carbonyl (C=O) groups is 1. The normalized spacial score (nSPS) is 10.9. The van der Waals surface area contributed by atoms with Gasteiger partial charge in [0.05, 0.1) is 31.1 Å². The third-order valence-electron chi connectivity index (χ3n) is 4.67. The lowest BCUT2D eigenvalue weighted by atomic mass is 10.0. The highest BCUT2D eigenvalue weighted by Gasteiger charge is 2.16. The summed E-state index contributed by atoms with van der Waals surface area (Å²) in [6.45, 7) is 8.29. The molecule has 0 aliphatic heterocycles. The Bertz CT molecular complexity index is 1040. The van der Waals surface area contributed by atoms with E-state index in [1.54, 1.807) is 13.4 Å². The third kappa shape index (κ3) is 5.66. The Kier molecular flexibility index (Phi) is 7.34. The first-order valence-electron chi connectivity index (χ1n) is 10.5. The number of hydrogen-bond donors (Lipinski definition) is 0. The number of aryl methyl sites for hydroxylation is 2. The van der Waals surface area contributed by atoms with Gasteiger partial charge in [0.2, 0.25) is 5.89 Å². The standard InChI is InChI=1S/C25H29NO5/c1-6-29-22-11-7-17(4)13-20(22)21(27)10-9-19-15-30-25(26-19)18-8-12-23(28-5)24(14-18)31-16(2)3/h7-8,11-16H,6,9-10H2,1-5H3. The van der Waals surface area contributed by atoms with Gasteiger partial charge in [0.25, 0.3) is 0 Å². The Morgan fingerprint density at radius 3 is 2.58 bits per heavy atom. The summed E-state index contributed by atoms with van der Waals surface area (Å²) in [5.41, 5.74) is 3.13. The van der Waals surface area contributed by atoms with Crippen molar-refractivity contribution in [1.29, 1.82) is 0 Å². The van der Waals surface area contributed by atoms with Gasteiger partial charge in [-0.25, -0.2) is 4.98 Å². The molecule has 0 N–H and O–H groups in total. The maximum atomic E-state index is 12.8. The molecule has 0 saturated heterocycles. The lowest BCUT2D eigenvalue weighted by Gasteiger charge is -2.14. The minimum absolute atomic E-state index is 0.0125. The van der Waals surface area contributed by atoms with Crippen LogP contribution in [0.15, 0.2) is 47.1 Å². The number of methoxy groups -OCH3 is 1. The largest absolute Gasteiger partial charge is 0.493 e. The fourth-order valence-electron chi connectivity index (χ4n) is 3.23. The van der Waals surface area contributed by atoms with Gasteiger partial charge in [0, 0.05) is 18.4 Å². The SMILES string of the molecule is CCOc1ccc(C)cc1C(=O)CCc1coc(-c2ccc(OC)c(OC(C)C)c2)n1. The summed E-state index contributed by atoms with van der Waals surface area (Å²) in [5, 5.41) is 0. The fraction of sp³-hybridized carbons (Fsp3) is 0.360. The number of Topliss-reactive ketones (excluding diaryl/α,β-unsaturated/α-hetero) is 1. The summed E-state index contributed by atoms with van der Waals surface area (Å²) < 4.78 is 22.5. The quantitative estimate of drug-likeness (QED) is 0.392. The molecular weight excluding hydrogens is 394 g/mol. The lowest BCUT2D eigenvalue weighted by Crippen LogP contribution is -2.06. The van der Waals surface area contributed by atoms with Gasteiger partial charge in [-0.3, -0.25) is 4.79 Å². The van der Waals surface area contributed by atoms with Crippen molar-refractivity contribution in [1.82, 2.24) is 4.98 Å². The van der Waals surface area contributed by atoms with Crippen LogP contribution in [0, 0.1) is 6.92 Å². The molecule has 0 atom stereocenters. The number of carbonyl (C=O) groups excluding carboxylic acids is 1. The van der Waals surface area contributed by atoms with Crippen molar-refractivity contribution < 1.29 is 23.4 Å². The molecule has 0 aliphatic carbocycles. The van der Waals surface area contributed by atoms with Crippen molar-refractivity contribution in [3.63, 3.8) is 0 Å². The molecule has 164 valence electrons. The molecule has 0 saturated carbocycles. The van der Waals surface area contributed by atoms with E-state index in [1.807, 2.05) is 64.1 Å². The molecule has 0 amide bonds. The molecule has 2 aromatic carbocycles. The van der Waals surface area contributed by atoms with Gasteiger partial charge in [0.1, 0.15) is 12.0 Å². The molecule has 1 aromatic heterocycles. The molecule has 0 fully saturated rings. The molecule has 31 heavy (non-hydrogen) atoms. The number of aromatic nitrogens is 1. The predicted octanol–water partition coefficient (Wildman–Crippen LogP) is 5.66. The van der Waals surface area contributed by atoms with Gasteiger partial charge in [-0.1, -0.05) is 11.6 Å². The van der Waals surface area contributed by atoms with Crippen molar-refractivity contribution in [2.75, 3.05) is 13.7 Å². The van der Waals surface area contributed by atoms with E-state index in [-0.39, 0.29) is 11.9 Å². The minimum Gasteiger partial charge on any atom is -0.493 e. The van der Waals surface area contributed by atoms with Crippen LogP contribution in [0.25, 0.3) is 11.5 Å². The van der Waals surface area contributed by atoms with Crippen LogP contribution < -0.4 is 14.2 Å². The Hall–Kier alpha value is -3.28. The van der Waals surface area contributed by atoms with Gasteiger partial charge in [-0.2, -0.15) is 0 Å². The molecule has 1 heterocycles. The van der Waals surface area contributed by atoms with Crippen LogP contribution in [0.1, 0.15) is 48.8 Å². The number of ketones is 1. The summed E-state index contributed by atoms with van der Waals surface area (Å²) >= 11 is 0. The van der Waals surface area contributed by atoms with Crippen molar-refractivity contribution in [2.45, 2.75) is 46.6 Å². The summed E-state index contributed by atoms with van der Waals surface area (Å²) in [5.74, 6) is 2.40. The number of oxazole rings is 1. The topological polar surface area (TPSA) is 70.8 Å². The fourth-order valence-corrected chi connectivity index (χ4v) is 3.23. The van der Waals surface area contributed by atoms with E-state index in [9.17, 15) is 4.79 Å². The van der Waals surface area contributed by atoms with Gasteiger partial charge < -0.3 is 18.6 Å². The van der Waals surface area contributed by atoms with E-state index in [4.69, 9.17) is 18.6 Å². The van der Waals surface area contributed by atoms with Gasteiger partial charge >= 0.3 is 0 Å². The molecule has 0 spiro atoms. The number of rotatable bonds is 10. The Balaban J connectivity index is 1.72. The maximum absolute atomic E-state index is 12.8. The molecule has 6 heteroatoms. The van der Waals surface area contributed by atoms with Crippen LogP contribution in [0.5, 0.6) is 17.2 Å². The zero-order valence-electron chi connectivity index (χ0n) is 18.7. The Labute approximate surface area is 183 Å². The highest BCUT2D eigenvalue weighted by molar-refractivity contribution is 5.99. The molecule has 0 radical (unpaired) electrons. The van der Waals surface area contributed by atoms with E-state index < -0.39 is 0 Å². The van der Waals surface area contributed by atoms with Crippen molar-refractivity contribution in [3.8, 4) is 28.7 Å². The highest BCUT2D eigenvalue weighted by Crippen LogP contribution is 2.33. The van der Waals surface area contributed by atoms with Crippen LogP contribution in [0.4, 0.5) is 0 Å². The molecule has 0 bridgehead atoms. The molecular formula is C25H29NO5. The van der Waals surface area contributed by atoms with E-state index >= 15 is 0 Å². The van der Waals surface area contributed by atoms with Crippen LogP contribution in [-0.4, -0.2) is 30.6 Å². The summed E-state index contributed by atoms with van der Waals surface area (Å²) in [6, 6.07) is 11.2. The number of hydrogen-bond acceptors (Lipinski definition) is 6. The number of benzene rings is 2. The highest BCUT2D eigenvalue weighted by atomic mass is 16.5. The second-order valence-electron chi connectivity index (χ2n) is 7.53. The zero-order valence-corrected chi connectivity index (χ0v) is 18.7. The van der Waals surface area contributed by atoms with E-state index in [2.05, 4.69) is 4.98 Å². The maximum Gasteiger partial charge on any atom is 0.226 e. The molecule has 0 unspecified atom stereocenters. The van der Waals surface area contributed by atoms with E-state index in [0.717, 1.165) is 16.8 Å². The molecule has 6 nitrogen and oxygen atoms in total. The average molecular weight is 424 g/mol. The van der Waals surface area contributed by atoms with Crippen LogP contribution in [-0.2, 0) is 6.42 Å². The first-order valence-corrected chi connectivity index (χ1v) is 10.5. The third-order valence-corrected chi connectivity index (χ3v) is 4.67. The minimum atomic E-state index is 0.0125. The van der Waals surface area contributed by atoms with E-state index in [0.29, 0.717) is 48.2 Å². The lowest BCUT2D eigenvalue weighted by molar-refractivity contribution is 0.0978. The average Bonchev–Trinajstić information content (AvgIpc) is 3.22. The monoisotopic (exact) mass is 423 g/mol. The van der Waals surface area contributed by atoms with Crippen molar-refractivity contribution >= 4 is 5.78 Å². The Morgan fingerprint density at radius 1 is 1.10 bits per heavy atom. The first kappa shape index (κ1) is 22.4. The van der Waals surface area contributed by atoms with E-state index in [1.165, 1.54) is 0 Å². The van der Waals surface area contributed by atoms with Gasteiger partial charge in [-0.15, -0.1) is 0 Å². The summed E-state index contributed by atoms with van der Waals surface area (Å²) in [4.78, 5) is 17.3. The van der Waals surface area contributed by atoms with Crippen molar-refractivity contribution in [2.24, 2.45) is 0 Å². The molecule has 3 rings (SSSR count). The second kappa shape index (κ2) is 10.2. The second-order valence-corrected chi connectivity index (χ2v) is 7.53. The first-order chi connectivity index (χ1) is 14.9. The molecule has 0 aliphatic rings. The predicted molar refractivity (Wildman–Crippen MR) is 119 cm³/mol. The van der Waals surface area contributed by atoms with Crippen LogP contribution in [0.2, 0.25) is 0 Å². The van der Waals surface area contributed by atoms with Gasteiger partial charge in [-0.05, 0) is 58.0 Å². The molecule has 3 aromatic rings. The zero-order chi connectivity index (χ0) is 22.4. The smallest absolute Gasteiger partial charge is 0.226 e. The summed E-state index contributed by atoms with van der Waals surface area (Å²) in [6.07, 6.45) is 2.40. The van der Waals surface area contributed by atoms with Crippen LogP contribution in [0.3, 0.4) is 0 Å².